The number of rotatable bonds is 3. The third-order valence-electron chi connectivity index (χ3n) is 2.14. The Kier molecular flexibility index (Phi) is 3.67. The molecule has 0 saturated heterocycles. The maximum absolute atomic E-state index is 9.68. The van der Waals surface area contributed by atoms with E-state index in [-0.39, 0.29) is 11.4 Å². The van der Waals surface area contributed by atoms with Crippen LogP contribution in [0, 0.1) is 11.3 Å². The first-order chi connectivity index (χ1) is 7.60. The molecule has 0 amide bonds. The second-order valence-electron chi connectivity index (χ2n) is 3.28. The summed E-state index contributed by atoms with van der Waals surface area (Å²) in [7, 11) is 0. The van der Waals surface area contributed by atoms with Gasteiger partial charge >= 0.3 is 0 Å². The van der Waals surface area contributed by atoms with Gasteiger partial charge < -0.3 is 10.8 Å². The molecule has 0 aliphatic heterocycles. The van der Waals surface area contributed by atoms with Gasteiger partial charge in [0.25, 0.3) is 0 Å². The molecule has 1 aromatic carbocycles. The summed E-state index contributed by atoms with van der Waals surface area (Å²) < 4.78 is 0. The van der Waals surface area contributed by atoms with Gasteiger partial charge in [-0.15, -0.1) is 6.58 Å². The smallest absolute Gasteiger partial charge is 0.126 e. The van der Waals surface area contributed by atoms with Crippen LogP contribution in [0.4, 0.5) is 5.69 Å². The number of phenols is 1. The van der Waals surface area contributed by atoms with E-state index in [1.54, 1.807) is 13.0 Å². The van der Waals surface area contributed by atoms with Crippen molar-refractivity contribution in [2.24, 2.45) is 4.99 Å². The lowest BCUT2D eigenvalue weighted by atomic mass is 10.0. The van der Waals surface area contributed by atoms with Crippen molar-refractivity contribution in [2.45, 2.75) is 6.92 Å². The standard InChI is InChI=1S/C12H13N3O/c1-3-4-15-8(2)10-5-9(7-13)11(14)6-12(10)16/h3,5-6,16H,1,4,14H2,2H3. The molecule has 4 heteroatoms. The Bertz CT molecular complexity index is 484. The molecular weight excluding hydrogens is 202 g/mol. The highest BCUT2D eigenvalue weighted by atomic mass is 16.3. The monoisotopic (exact) mass is 215 g/mol. The van der Waals surface area contributed by atoms with Crippen LogP contribution in [0.25, 0.3) is 0 Å². The summed E-state index contributed by atoms with van der Waals surface area (Å²) in [5.74, 6) is 0.0295. The predicted octanol–water partition coefficient (Wildman–Crippen LogP) is 1.84. The Morgan fingerprint density at radius 2 is 2.38 bits per heavy atom. The molecule has 0 spiro atoms. The van der Waals surface area contributed by atoms with Crippen LogP contribution < -0.4 is 5.73 Å². The van der Waals surface area contributed by atoms with Crippen molar-refractivity contribution in [1.82, 2.24) is 0 Å². The molecule has 0 aliphatic rings. The number of nitriles is 1. The van der Waals surface area contributed by atoms with Crippen LogP contribution in [0.3, 0.4) is 0 Å². The number of nitrogen functional groups attached to an aromatic ring is 1. The fourth-order valence-electron chi connectivity index (χ4n) is 1.28. The van der Waals surface area contributed by atoms with Crippen molar-refractivity contribution in [2.75, 3.05) is 12.3 Å². The van der Waals surface area contributed by atoms with Crippen LogP contribution in [0.15, 0.2) is 29.8 Å². The van der Waals surface area contributed by atoms with Gasteiger partial charge in [0.2, 0.25) is 0 Å². The Balaban J connectivity index is 3.24. The van der Waals surface area contributed by atoms with Crippen LogP contribution in [-0.4, -0.2) is 17.4 Å². The van der Waals surface area contributed by atoms with Gasteiger partial charge in [-0.05, 0) is 13.0 Å². The van der Waals surface area contributed by atoms with E-state index in [4.69, 9.17) is 11.0 Å². The molecule has 0 radical (unpaired) electrons. The molecule has 1 rings (SSSR count). The highest BCUT2D eigenvalue weighted by Gasteiger charge is 2.09. The molecule has 0 fully saturated rings. The summed E-state index contributed by atoms with van der Waals surface area (Å²) in [5, 5.41) is 18.5. The summed E-state index contributed by atoms with van der Waals surface area (Å²) in [6, 6.07) is 4.86. The molecule has 1 aromatic rings. The van der Waals surface area contributed by atoms with Crippen molar-refractivity contribution in [3.05, 3.63) is 35.9 Å². The van der Waals surface area contributed by atoms with Crippen molar-refractivity contribution in [3.8, 4) is 11.8 Å². The van der Waals surface area contributed by atoms with Gasteiger partial charge in [0.15, 0.2) is 0 Å². The third kappa shape index (κ3) is 2.39. The number of aliphatic imine (C=N–C) groups is 1. The Labute approximate surface area is 94.4 Å². The van der Waals surface area contributed by atoms with Crippen LogP contribution in [0.1, 0.15) is 18.1 Å². The Morgan fingerprint density at radius 3 is 2.94 bits per heavy atom. The van der Waals surface area contributed by atoms with Crippen molar-refractivity contribution in [3.63, 3.8) is 0 Å². The highest BCUT2D eigenvalue weighted by Crippen LogP contribution is 2.24. The Hall–Kier alpha value is -2.28. The minimum absolute atomic E-state index is 0.0295. The van der Waals surface area contributed by atoms with Gasteiger partial charge in [-0.3, -0.25) is 4.99 Å². The number of aromatic hydroxyl groups is 1. The van der Waals surface area contributed by atoms with E-state index in [0.29, 0.717) is 23.4 Å². The van der Waals surface area contributed by atoms with Gasteiger partial charge in [0, 0.05) is 17.3 Å². The minimum Gasteiger partial charge on any atom is -0.507 e. The first kappa shape index (κ1) is 11.8. The zero-order valence-electron chi connectivity index (χ0n) is 9.07. The van der Waals surface area contributed by atoms with Gasteiger partial charge in [-0.2, -0.15) is 5.26 Å². The van der Waals surface area contributed by atoms with Crippen molar-refractivity contribution in [1.29, 1.82) is 5.26 Å². The first-order valence-electron chi connectivity index (χ1n) is 4.75. The van der Waals surface area contributed by atoms with Gasteiger partial charge in [0.1, 0.15) is 11.8 Å². The van der Waals surface area contributed by atoms with E-state index in [1.807, 2.05) is 6.07 Å². The first-order valence-corrected chi connectivity index (χ1v) is 4.75. The lowest BCUT2D eigenvalue weighted by Gasteiger charge is -2.06. The average molecular weight is 215 g/mol. The molecule has 0 unspecified atom stereocenters. The molecule has 0 heterocycles. The molecule has 82 valence electrons. The maximum atomic E-state index is 9.68. The largest absolute Gasteiger partial charge is 0.507 e. The molecular formula is C12H13N3O. The molecule has 0 aliphatic carbocycles. The molecule has 0 bridgehead atoms. The van der Waals surface area contributed by atoms with E-state index < -0.39 is 0 Å². The van der Waals surface area contributed by atoms with Gasteiger partial charge in [-0.25, -0.2) is 0 Å². The van der Waals surface area contributed by atoms with E-state index in [0.717, 1.165) is 0 Å². The molecule has 3 N–H and O–H groups in total. The fraction of sp³-hybridized carbons (Fsp3) is 0.167. The summed E-state index contributed by atoms with van der Waals surface area (Å²) in [6.45, 7) is 5.78. The topological polar surface area (TPSA) is 82.4 Å². The summed E-state index contributed by atoms with van der Waals surface area (Å²) in [4.78, 5) is 4.17. The molecule has 16 heavy (non-hydrogen) atoms. The third-order valence-corrected chi connectivity index (χ3v) is 2.14. The highest BCUT2D eigenvalue weighted by molar-refractivity contribution is 6.02. The normalized spacial score (nSPS) is 10.9. The minimum atomic E-state index is 0.0295. The predicted molar refractivity (Wildman–Crippen MR) is 64.5 cm³/mol. The number of anilines is 1. The number of hydrogen-bond acceptors (Lipinski definition) is 4. The van der Waals surface area contributed by atoms with Crippen LogP contribution in [0.5, 0.6) is 5.75 Å². The van der Waals surface area contributed by atoms with Crippen LogP contribution >= 0.6 is 0 Å². The lowest BCUT2D eigenvalue weighted by Crippen LogP contribution is -2.00. The zero-order chi connectivity index (χ0) is 12.1. The van der Waals surface area contributed by atoms with Gasteiger partial charge in [0.05, 0.1) is 17.8 Å². The maximum Gasteiger partial charge on any atom is 0.126 e. The molecule has 0 aromatic heterocycles. The average Bonchev–Trinajstić information content (AvgIpc) is 2.26. The summed E-state index contributed by atoms with van der Waals surface area (Å²) in [6.07, 6.45) is 1.66. The number of hydrogen-bond donors (Lipinski definition) is 2. The quantitative estimate of drug-likeness (QED) is 0.458. The van der Waals surface area contributed by atoms with Crippen molar-refractivity contribution < 1.29 is 5.11 Å². The SMILES string of the molecule is C=CCN=C(C)c1cc(C#N)c(N)cc1O. The second kappa shape index (κ2) is 4.99. The van der Waals surface area contributed by atoms with Crippen LogP contribution in [-0.2, 0) is 0 Å². The van der Waals surface area contributed by atoms with Crippen molar-refractivity contribution >= 4 is 11.4 Å². The fourth-order valence-corrected chi connectivity index (χ4v) is 1.28. The molecule has 0 saturated carbocycles. The number of nitrogens with two attached hydrogens (primary N) is 1. The summed E-state index contributed by atoms with van der Waals surface area (Å²) >= 11 is 0. The number of nitrogens with zero attached hydrogens (tertiary/aromatic N) is 2. The van der Waals surface area contributed by atoms with Crippen LogP contribution in [0.2, 0.25) is 0 Å². The lowest BCUT2D eigenvalue weighted by molar-refractivity contribution is 0.474. The van der Waals surface area contributed by atoms with E-state index in [1.165, 1.54) is 12.1 Å². The van der Waals surface area contributed by atoms with E-state index in [9.17, 15) is 5.11 Å². The molecule has 4 nitrogen and oxygen atoms in total. The number of phenolic OH excluding ortho intramolecular Hbond substituents is 1. The summed E-state index contributed by atoms with van der Waals surface area (Å²) in [5.41, 5.74) is 7.33. The van der Waals surface area contributed by atoms with Gasteiger partial charge in [-0.1, -0.05) is 6.08 Å². The zero-order valence-corrected chi connectivity index (χ0v) is 9.07. The second-order valence-corrected chi connectivity index (χ2v) is 3.28. The van der Waals surface area contributed by atoms with E-state index >= 15 is 0 Å². The van der Waals surface area contributed by atoms with E-state index in [2.05, 4.69) is 11.6 Å². The Morgan fingerprint density at radius 1 is 1.69 bits per heavy atom. The number of benzene rings is 1. The molecule has 0 atom stereocenters.